The standard InChI is InChI=1S/C17H21NO5/c1-21-11-16(20)18-7-5-17(6-8-18)10-14(19)13-4-3-12(22-2)9-15(13)23-17/h3-4,9H,5-8,10-11H2,1-2H3. The molecule has 0 N–H and O–H groups in total. The zero-order valence-corrected chi connectivity index (χ0v) is 13.5. The van der Waals surface area contributed by atoms with Crippen LogP contribution < -0.4 is 9.47 Å². The molecule has 1 aromatic rings. The molecule has 2 aliphatic rings. The van der Waals surface area contributed by atoms with E-state index in [-0.39, 0.29) is 18.3 Å². The van der Waals surface area contributed by atoms with Crippen LogP contribution in [-0.2, 0) is 9.53 Å². The van der Waals surface area contributed by atoms with E-state index in [0.717, 1.165) is 0 Å². The number of fused-ring (bicyclic) bond motifs is 1. The van der Waals surface area contributed by atoms with Crippen LogP contribution in [0.2, 0.25) is 0 Å². The van der Waals surface area contributed by atoms with Gasteiger partial charge in [0.25, 0.3) is 0 Å². The molecule has 0 saturated carbocycles. The Morgan fingerprint density at radius 3 is 2.70 bits per heavy atom. The summed E-state index contributed by atoms with van der Waals surface area (Å²) in [5, 5.41) is 0. The van der Waals surface area contributed by atoms with Crippen molar-refractivity contribution in [3.8, 4) is 11.5 Å². The molecule has 1 spiro atoms. The van der Waals surface area contributed by atoms with Gasteiger partial charge in [-0.1, -0.05) is 0 Å². The van der Waals surface area contributed by atoms with Crippen molar-refractivity contribution in [3.05, 3.63) is 23.8 Å². The SMILES string of the molecule is COCC(=O)N1CCC2(CC1)CC(=O)c1ccc(OC)cc1O2. The molecule has 0 bridgehead atoms. The summed E-state index contributed by atoms with van der Waals surface area (Å²) >= 11 is 0. The second-order valence-electron chi connectivity index (χ2n) is 6.06. The molecule has 0 aromatic heterocycles. The number of nitrogens with zero attached hydrogens (tertiary/aromatic N) is 1. The average Bonchev–Trinajstić information content (AvgIpc) is 2.55. The maximum atomic E-state index is 12.5. The van der Waals surface area contributed by atoms with Gasteiger partial charge in [0.1, 0.15) is 23.7 Å². The smallest absolute Gasteiger partial charge is 0.248 e. The van der Waals surface area contributed by atoms with Gasteiger partial charge in [0.2, 0.25) is 5.91 Å². The molecule has 2 aliphatic heterocycles. The van der Waals surface area contributed by atoms with Crippen LogP contribution in [0.3, 0.4) is 0 Å². The molecule has 23 heavy (non-hydrogen) atoms. The normalized spacial score (nSPS) is 19.2. The Morgan fingerprint density at radius 2 is 2.04 bits per heavy atom. The predicted octanol–water partition coefficient (Wildman–Crippen LogP) is 1.67. The third-order valence-electron chi connectivity index (χ3n) is 4.59. The highest BCUT2D eigenvalue weighted by molar-refractivity contribution is 6.00. The van der Waals surface area contributed by atoms with E-state index in [1.165, 1.54) is 7.11 Å². The lowest BCUT2D eigenvalue weighted by molar-refractivity contribution is -0.138. The lowest BCUT2D eigenvalue weighted by atomic mass is 9.82. The Morgan fingerprint density at radius 1 is 1.30 bits per heavy atom. The topological polar surface area (TPSA) is 65.1 Å². The van der Waals surface area contributed by atoms with Gasteiger partial charge in [0.15, 0.2) is 5.78 Å². The van der Waals surface area contributed by atoms with Gasteiger partial charge in [-0.2, -0.15) is 0 Å². The summed E-state index contributed by atoms with van der Waals surface area (Å²) in [6, 6.07) is 5.28. The van der Waals surface area contributed by atoms with Crippen LogP contribution in [0.5, 0.6) is 11.5 Å². The van der Waals surface area contributed by atoms with Crippen molar-refractivity contribution in [1.29, 1.82) is 0 Å². The van der Waals surface area contributed by atoms with Crippen LogP contribution in [-0.4, -0.2) is 56.1 Å². The Labute approximate surface area is 135 Å². The van der Waals surface area contributed by atoms with Crippen LogP contribution in [0.4, 0.5) is 0 Å². The van der Waals surface area contributed by atoms with Crippen LogP contribution in [0.1, 0.15) is 29.6 Å². The molecular weight excluding hydrogens is 298 g/mol. The largest absolute Gasteiger partial charge is 0.497 e. The first kappa shape index (κ1) is 15.8. The molecule has 3 rings (SSSR count). The van der Waals surface area contributed by atoms with Crippen molar-refractivity contribution < 1.29 is 23.8 Å². The minimum absolute atomic E-state index is 0.0217. The van der Waals surface area contributed by atoms with E-state index >= 15 is 0 Å². The molecule has 0 aliphatic carbocycles. The van der Waals surface area contributed by atoms with Crippen molar-refractivity contribution in [2.75, 3.05) is 33.9 Å². The molecule has 1 fully saturated rings. The van der Waals surface area contributed by atoms with Crippen molar-refractivity contribution in [1.82, 2.24) is 4.90 Å². The zero-order valence-electron chi connectivity index (χ0n) is 13.5. The van der Waals surface area contributed by atoms with Gasteiger partial charge in [-0.25, -0.2) is 0 Å². The van der Waals surface area contributed by atoms with E-state index in [9.17, 15) is 9.59 Å². The van der Waals surface area contributed by atoms with Gasteiger partial charge in [-0.05, 0) is 12.1 Å². The number of benzene rings is 1. The van der Waals surface area contributed by atoms with Crippen molar-refractivity contribution >= 4 is 11.7 Å². The van der Waals surface area contributed by atoms with E-state index in [4.69, 9.17) is 14.2 Å². The number of hydrogen-bond acceptors (Lipinski definition) is 5. The van der Waals surface area contributed by atoms with Crippen LogP contribution in [0.25, 0.3) is 0 Å². The summed E-state index contributed by atoms with van der Waals surface area (Å²) in [5.41, 5.74) is 0.0923. The Hall–Kier alpha value is -2.08. The van der Waals surface area contributed by atoms with Crippen LogP contribution >= 0.6 is 0 Å². The highest BCUT2D eigenvalue weighted by atomic mass is 16.5. The fourth-order valence-corrected chi connectivity index (χ4v) is 3.26. The Bertz CT molecular complexity index is 619. The highest BCUT2D eigenvalue weighted by Gasteiger charge is 2.43. The maximum Gasteiger partial charge on any atom is 0.248 e. The first-order valence-electron chi connectivity index (χ1n) is 7.74. The first-order valence-corrected chi connectivity index (χ1v) is 7.74. The molecule has 1 aromatic carbocycles. The number of hydrogen-bond donors (Lipinski definition) is 0. The number of Topliss-reactive ketones (excluding diaryl/α,β-unsaturated/α-hetero) is 1. The summed E-state index contributed by atoms with van der Waals surface area (Å²) in [6.45, 7) is 1.25. The van der Waals surface area contributed by atoms with Gasteiger partial charge in [-0.3, -0.25) is 9.59 Å². The summed E-state index contributed by atoms with van der Waals surface area (Å²) in [4.78, 5) is 26.1. The summed E-state index contributed by atoms with van der Waals surface area (Å²) in [7, 11) is 3.10. The summed E-state index contributed by atoms with van der Waals surface area (Å²) in [5.74, 6) is 1.32. The molecule has 2 heterocycles. The minimum atomic E-state index is -0.514. The first-order chi connectivity index (χ1) is 11.1. The summed E-state index contributed by atoms with van der Waals surface area (Å²) in [6.07, 6.45) is 1.65. The third kappa shape index (κ3) is 3.03. The van der Waals surface area contributed by atoms with Crippen molar-refractivity contribution in [2.45, 2.75) is 24.9 Å². The number of ketones is 1. The van der Waals surface area contributed by atoms with Crippen molar-refractivity contribution in [3.63, 3.8) is 0 Å². The van der Waals surface area contributed by atoms with Gasteiger partial charge in [-0.15, -0.1) is 0 Å². The number of likely N-dealkylation sites (tertiary alicyclic amines) is 1. The number of carbonyl (C=O) groups is 2. The molecule has 0 unspecified atom stereocenters. The lowest BCUT2D eigenvalue weighted by Crippen LogP contribution is -2.52. The highest BCUT2D eigenvalue weighted by Crippen LogP contribution is 2.40. The van der Waals surface area contributed by atoms with Crippen LogP contribution in [0, 0.1) is 0 Å². The van der Waals surface area contributed by atoms with Gasteiger partial charge in [0.05, 0.1) is 19.1 Å². The maximum absolute atomic E-state index is 12.5. The van der Waals surface area contributed by atoms with E-state index in [0.29, 0.717) is 49.4 Å². The second-order valence-corrected chi connectivity index (χ2v) is 6.06. The zero-order chi connectivity index (χ0) is 16.4. The van der Waals surface area contributed by atoms with Crippen LogP contribution in [0.15, 0.2) is 18.2 Å². The lowest BCUT2D eigenvalue weighted by Gasteiger charge is -2.43. The minimum Gasteiger partial charge on any atom is -0.497 e. The molecule has 6 nitrogen and oxygen atoms in total. The third-order valence-corrected chi connectivity index (χ3v) is 4.59. The molecule has 0 atom stereocenters. The molecule has 6 heteroatoms. The molecular formula is C17H21NO5. The number of rotatable bonds is 3. The van der Waals surface area contributed by atoms with E-state index < -0.39 is 5.60 Å². The average molecular weight is 319 g/mol. The Kier molecular flexibility index (Phi) is 4.26. The van der Waals surface area contributed by atoms with Crippen molar-refractivity contribution in [2.24, 2.45) is 0 Å². The number of methoxy groups -OCH3 is 2. The number of carbonyl (C=O) groups excluding carboxylic acids is 2. The van der Waals surface area contributed by atoms with E-state index in [2.05, 4.69) is 0 Å². The second kappa shape index (κ2) is 6.20. The molecule has 0 radical (unpaired) electrons. The molecule has 124 valence electrons. The number of ether oxygens (including phenoxy) is 3. The fraction of sp³-hybridized carbons (Fsp3) is 0.529. The Balaban J connectivity index is 1.75. The monoisotopic (exact) mass is 319 g/mol. The fourth-order valence-electron chi connectivity index (χ4n) is 3.26. The van der Waals surface area contributed by atoms with E-state index in [1.807, 2.05) is 0 Å². The quantitative estimate of drug-likeness (QED) is 0.848. The molecule has 1 saturated heterocycles. The predicted molar refractivity (Wildman–Crippen MR) is 83.0 cm³/mol. The number of amides is 1. The van der Waals surface area contributed by atoms with Gasteiger partial charge < -0.3 is 19.1 Å². The van der Waals surface area contributed by atoms with E-state index in [1.54, 1.807) is 30.2 Å². The van der Waals surface area contributed by atoms with Gasteiger partial charge >= 0.3 is 0 Å². The number of piperidine rings is 1. The molecule has 1 amide bonds. The summed E-state index contributed by atoms with van der Waals surface area (Å²) < 4.78 is 16.3. The van der Waals surface area contributed by atoms with Gasteiger partial charge in [0, 0.05) is 39.1 Å².